The molecular weight excluding hydrogens is 392 g/mol. The lowest BCUT2D eigenvalue weighted by Crippen LogP contribution is -2.77. The van der Waals surface area contributed by atoms with Gasteiger partial charge in [-0.1, -0.05) is 32.1 Å². The standard InChI is InChI=1S/C28H48N4/c1-2-9-19(10-3-1)32-24-15-5-4-13-22(24)28(23-14-8-18-31-27(23)32)25-20(11-6-16-29-25)21-12-7-17-30-26(21)28/h19-27,29-31H,1-18H2. The van der Waals surface area contributed by atoms with Crippen LogP contribution in [0.15, 0.2) is 0 Å². The molecule has 180 valence electrons. The second-order valence-corrected chi connectivity index (χ2v) is 12.8. The van der Waals surface area contributed by atoms with Gasteiger partial charge in [-0.2, -0.15) is 0 Å². The van der Waals surface area contributed by atoms with E-state index < -0.39 is 0 Å². The molecule has 0 radical (unpaired) electrons. The number of hydrogen-bond donors (Lipinski definition) is 3. The van der Waals surface area contributed by atoms with Crippen molar-refractivity contribution in [3.05, 3.63) is 0 Å². The third-order valence-corrected chi connectivity index (χ3v) is 11.8. The van der Waals surface area contributed by atoms with Crippen molar-refractivity contribution in [1.29, 1.82) is 0 Å². The molecular formula is C28H48N4. The van der Waals surface area contributed by atoms with E-state index in [0.717, 1.165) is 47.8 Å². The van der Waals surface area contributed by atoms with Crippen LogP contribution in [-0.4, -0.2) is 54.9 Å². The van der Waals surface area contributed by atoms with Crippen LogP contribution in [-0.2, 0) is 0 Å². The molecule has 4 heterocycles. The molecule has 1 spiro atoms. The summed E-state index contributed by atoms with van der Waals surface area (Å²) in [5, 5.41) is 12.8. The van der Waals surface area contributed by atoms with Crippen molar-refractivity contribution in [2.24, 2.45) is 29.1 Å². The van der Waals surface area contributed by atoms with Crippen LogP contribution >= 0.6 is 0 Å². The molecule has 32 heavy (non-hydrogen) atoms. The van der Waals surface area contributed by atoms with Crippen molar-refractivity contribution in [3.8, 4) is 0 Å². The molecule has 3 aliphatic carbocycles. The minimum atomic E-state index is 0.491. The predicted molar refractivity (Wildman–Crippen MR) is 130 cm³/mol. The summed E-state index contributed by atoms with van der Waals surface area (Å²) in [4.78, 5) is 3.17. The first-order valence-corrected chi connectivity index (χ1v) is 14.9. The maximum Gasteiger partial charge on any atom is 0.0637 e. The second kappa shape index (κ2) is 8.50. The van der Waals surface area contributed by atoms with Crippen molar-refractivity contribution in [1.82, 2.24) is 20.9 Å². The van der Waals surface area contributed by atoms with Gasteiger partial charge in [0.1, 0.15) is 0 Å². The average molecular weight is 441 g/mol. The van der Waals surface area contributed by atoms with Crippen LogP contribution in [0.5, 0.6) is 0 Å². The predicted octanol–water partition coefficient (Wildman–Crippen LogP) is 4.26. The molecule has 8 atom stereocenters. The van der Waals surface area contributed by atoms with Crippen molar-refractivity contribution < 1.29 is 0 Å². The van der Waals surface area contributed by atoms with Gasteiger partial charge in [-0.25, -0.2) is 0 Å². The molecule has 4 aliphatic heterocycles. The number of hydrogen-bond acceptors (Lipinski definition) is 4. The first-order valence-electron chi connectivity index (χ1n) is 14.9. The van der Waals surface area contributed by atoms with Crippen LogP contribution in [0.4, 0.5) is 0 Å². The molecule has 0 amide bonds. The normalized spacial score (nSPS) is 52.1. The minimum Gasteiger partial charge on any atom is -0.313 e. The zero-order chi connectivity index (χ0) is 21.1. The van der Waals surface area contributed by atoms with E-state index in [2.05, 4.69) is 20.9 Å². The van der Waals surface area contributed by atoms with Gasteiger partial charge in [-0.05, 0) is 108 Å². The van der Waals surface area contributed by atoms with Crippen molar-refractivity contribution in [2.45, 2.75) is 127 Å². The van der Waals surface area contributed by atoms with Crippen LogP contribution in [0.1, 0.15) is 96.3 Å². The Bertz CT molecular complexity index is 626. The van der Waals surface area contributed by atoms with Crippen LogP contribution in [0.3, 0.4) is 0 Å². The third kappa shape index (κ3) is 2.94. The van der Waals surface area contributed by atoms with Crippen LogP contribution < -0.4 is 16.0 Å². The Balaban J connectivity index is 1.36. The molecule has 3 saturated carbocycles. The third-order valence-electron chi connectivity index (χ3n) is 11.8. The van der Waals surface area contributed by atoms with Gasteiger partial charge in [0.2, 0.25) is 0 Å². The summed E-state index contributed by atoms with van der Waals surface area (Å²) in [6, 6.07) is 3.26. The Morgan fingerprint density at radius 1 is 0.531 bits per heavy atom. The van der Waals surface area contributed by atoms with E-state index in [-0.39, 0.29) is 0 Å². The van der Waals surface area contributed by atoms with Gasteiger partial charge in [0, 0.05) is 29.6 Å². The number of likely N-dealkylation sites (tertiary alicyclic amines) is 1. The summed E-state index contributed by atoms with van der Waals surface area (Å²) in [7, 11) is 0. The van der Waals surface area contributed by atoms with E-state index >= 15 is 0 Å². The maximum absolute atomic E-state index is 4.27. The number of nitrogens with one attached hydrogen (secondary N) is 3. The van der Waals surface area contributed by atoms with E-state index in [9.17, 15) is 0 Å². The Labute approximate surface area is 196 Å². The monoisotopic (exact) mass is 440 g/mol. The zero-order valence-corrected chi connectivity index (χ0v) is 20.4. The van der Waals surface area contributed by atoms with E-state index in [0.29, 0.717) is 11.6 Å². The summed E-state index contributed by atoms with van der Waals surface area (Å²) in [6.45, 7) is 3.80. The number of rotatable bonds is 1. The molecule has 0 bridgehead atoms. The molecule has 0 aromatic rings. The Hall–Kier alpha value is -0.160. The van der Waals surface area contributed by atoms with E-state index in [4.69, 9.17) is 0 Å². The van der Waals surface area contributed by atoms with Crippen molar-refractivity contribution >= 4 is 0 Å². The van der Waals surface area contributed by atoms with Gasteiger partial charge in [-0.3, -0.25) is 4.90 Å². The fourth-order valence-corrected chi connectivity index (χ4v) is 11.1. The van der Waals surface area contributed by atoms with Crippen molar-refractivity contribution in [2.75, 3.05) is 19.6 Å². The van der Waals surface area contributed by atoms with Gasteiger partial charge in [0.05, 0.1) is 6.17 Å². The lowest BCUT2D eigenvalue weighted by molar-refractivity contribution is -0.180. The lowest BCUT2D eigenvalue weighted by atomic mass is 9.50. The van der Waals surface area contributed by atoms with Crippen molar-refractivity contribution in [3.63, 3.8) is 0 Å². The summed E-state index contributed by atoms with van der Waals surface area (Å²) in [6.07, 6.45) is 22.6. The van der Waals surface area contributed by atoms with E-state index in [1.807, 2.05) is 0 Å². The quantitative estimate of drug-likeness (QED) is 0.570. The fraction of sp³-hybridized carbons (Fsp3) is 1.00. The largest absolute Gasteiger partial charge is 0.313 e. The maximum atomic E-state index is 4.27. The highest BCUT2D eigenvalue weighted by atomic mass is 15.3. The molecule has 4 heteroatoms. The highest BCUT2D eigenvalue weighted by molar-refractivity contribution is 5.24. The van der Waals surface area contributed by atoms with Gasteiger partial charge in [-0.15, -0.1) is 0 Å². The molecule has 4 saturated heterocycles. The van der Waals surface area contributed by atoms with Crippen LogP contribution in [0, 0.1) is 29.1 Å². The van der Waals surface area contributed by atoms with E-state index in [1.54, 1.807) is 0 Å². The molecule has 7 aliphatic rings. The molecule has 0 aromatic heterocycles. The highest BCUT2D eigenvalue weighted by Gasteiger charge is 2.71. The van der Waals surface area contributed by atoms with Crippen LogP contribution in [0.25, 0.3) is 0 Å². The first kappa shape index (κ1) is 21.1. The summed E-state index contributed by atoms with van der Waals surface area (Å²) < 4.78 is 0. The molecule has 3 N–H and O–H groups in total. The zero-order valence-electron chi connectivity index (χ0n) is 20.4. The van der Waals surface area contributed by atoms with Gasteiger partial charge in [0.15, 0.2) is 0 Å². The number of fused-ring (bicyclic) bond motifs is 9. The van der Waals surface area contributed by atoms with Gasteiger partial charge < -0.3 is 16.0 Å². The van der Waals surface area contributed by atoms with Crippen LogP contribution in [0.2, 0.25) is 0 Å². The smallest absolute Gasteiger partial charge is 0.0637 e. The van der Waals surface area contributed by atoms with Gasteiger partial charge >= 0.3 is 0 Å². The first-order chi connectivity index (χ1) is 15.9. The lowest BCUT2D eigenvalue weighted by Gasteiger charge is -2.68. The molecule has 7 rings (SSSR count). The minimum absolute atomic E-state index is 0.491. The highest BCUT2D eigenvalue weighted by Crippen LogP contribution is 2.66. The molecule has 8 unspecified atom stereocenters. The fourth-order valence-electron chi connectivity index (χ4n) is 11.1. The molecule has 7 fully saturated rings. The SMILES string of the molecule is C1CCC(N2C3CCCCC3C3(C4CCCNC42)C2NCCCC2C2CCCNC23)CC1. The topological polar surface area (TPSA) is 39.3 Å². The summed E-state index contributed by atoms with van der Waals surface area (Å²) in [5.41, 5.74) is 0.491. The average Bonchev–Trinajstić information content (AvgIpc) is 3.16. The Kier molecular flexibility index (Phi) is 5.62. The Morgan fingerprint density at radius 2 is 1.12 bits per heavy atom. The van der Waals surface area contributed by atoms with E-state index in [1.165, 1.54) is 116 Å². The number of piperidine rings is 4. The second-order valence-electron chi connectivity index (χ2n) is 12.8. The Morgan fingerprint density at radius 3 is 1.88 bits per heavy atom. The summed E-state index contributed by atoms with van der Waals surface area (Å²) >= 11 is 0. The summed E-state index contributed by atoms with van der Waals surface area (Å²) in [5.74, 6) is 3.63. The van der Waals surface area contributed by atoms with Gasteiger partial charge in [0.25, 0.3) is 0 Å². The molecule has 0 aromatic carbocycles. The number of nitrogens with zero attached hydrogens (tertiary/aromatic N) is 1. The molecule has 4 nitrogen and oxygen atoms in total.